The molecule has 2 rings (SSSR count). The summed E-state index contributed by atoms with van der Waals surface area (Å²) in [7, 11) is 0. The molecule has 0 fully saturated rings. The third-order valence-electron chi connectivity index (χ3n) is 2.60. The Kier molecular flexibility index (Phi) is 4.75. The maximum Gasteiger partial charge on any atom is 0.321 e. The highest BCUT2D eigenvalue weighted by Gasteiger charge is 2.09. The van der Waals surface area contributed by atoms with E-state index in [1.54, 1.807) is 18.5 Å². The molecule has 4 nitrogen and oxygen atoms in total. The number of ether oxygens (including phenoxy) is 1. The van der Waals surface area contributed by atoms with Crippen molar-refractivity contribution >= 4 is 11.6 Å². The summed E-state index contributed by atoms with van der Waals surface area (Å²) in [5.74, 6) is -0.238. The molecule has 0 unspecified atom stereocenters. The molecule has 1 aromatic heterocycles. The quantitative estimate of drug-likeness (QED) is 0.929. The molecule has 0 spiro atoms. The Bertz CT molecular complexity index is 611. The largest absolute Gasteiger partial charge is 0.424 e. The number of benzene rings is 1. The Morgan fingerprint density at radius 3 is 2.48 bits per heavy atom. The molecule has 0 saturated heterocycles. The lowest BCUT2D eigenvalue weighted by molar-refractivity contribution is 0.419. The first-order valence-corrected chi connectivity index (χ1v) is 6.90. The fraction of sp³-hybridized carbons (Fsp3) is 0.333. The average Bonchev–Trinajstić information content (AvgIpc) is 2.41. The van der Waals surface area contributed by atoms with Gasteiger partial charge in [0.05, 0.1) is 5.02 Å². The standard InChI is InChI=1S/C15H17ClFN3O/c1-15(2,3)20-9-10-7-18-14(19-8-10)21-11-4-5-12(16)13(17)6-11/h4-8,20H,9H2,1-3H3. The van der Waals surface area contributed by atoms with Crippen molar-refractivity contribution in [2.24, 2.45) is 0 Å². The van der Waals surface area contributed by atoms with Crippen molar-refractivity contribution in [3.63, 3.8) is 0 Å². The number of rotatable bonds is 4. The van der Waals surface area contributed by atoms with Crippen LogP contribution in [0.5, 0.6) is 11.8 Å². The summed E-state index contributed by atoms with van der Waals surface area (Å²) in [6.45, 7) is 6.92. The highest BCUT2D eigenvalue weighted by atomic mass is 35.5. The third-order valence-corrected chi connectivity index (χ3v) is 2.91. The summed E-state index contributed by atoms with van der Waals surface area (Å²) in [4.78, 5) is 8.20. The van der Waals surface area contributed by atoms with E-state index < -0.39 is 5.82 Å². The van der Waals surface area contributed by atoms with Crippen LogP contribution in [0.15, 0.2) is 30.6 Å². The van der Waals surface area contributed by atoms with E-state index in [1.807, 2.05) is 0 Å². The zero-order chi connectivity index (χ0) is 15.5. The van der Waals surface area contributed by atoms with E-state index in [0.29, 0.717) is 12.3 Å². The molecular weight excluding hydrogens is 293 g/mol. The summed E-state index contributed by atoms with van der Waals surface area (Å²) in [6.07, 6.45) is 3.35. The predicted octanol–water partition coefficient (Wildman–Crippen LogP) is 3.95. The van der Waals surface area contributed by atoms with E-state index in [0.717, 1.165) is 5.56 Å². The number of hydrogen-bond acceptors (Lipinski definition) is 4. The van der Waals surface area contributed by atoms with Crippen molar-refractivity contribution in [1.82, 2.24) is 15.3 Å². The van der Waals surface area contributed by atoms with Gasteiger partial charge in [0.2, 0.25) is 0 Å². The highest BCUT2D eigenvalue weighted by Crippen LogP contribution is 2.23. The molecule has 0 aliphatic heterocycles. The number of hydrogen-bond donors (Lipinski definition) is 1. The van der Waals surface area contributed by atoms with Gasteiger partial charge in [0.1, 0.15) is 11.6 Å². The zero-order valence-corrected chi connectivity index (χ0v) is 12.9. The summed E-state index contributed by atoms with van der Waals surface area (Å²) in [6, 6.07) is 4.34. The second-order valence-electron chi connectivity index (χ2n) is 5.66. The molecule has 0 aliphatic carbocycles. The van der Waals surface area contributed by atoms with Crippen LogP contribution in [0.1, 0.15) is 26.3 Å². The van der Waals surface area contributed by atoms with Crippen LogP contribution in [-0.2, 0) is 6.54 Å². The monoisotopic (exact) mass is 309 g/mol. The van der Waals surface area contributed by atoms with Gasteiger partial charge in [0.15, 0.2) is 0 Å². The Morgan fingerprint density at radius 1 is 1.24 bits per heavy atom. The van der Waals surface area contributed by atoms with Gasteiger partial charge < -0.3 is 10.1 Å². The van der Waals surface area contributed by atoms with E-state index >= 15 is 0 Å². The van der Waals surface area contributed by atoms with Gasteiger partial charge in [-0.2, -0.15) is 0 Å². The molecule has 112 valence electrons. The summed E-state index contributed by atoms with van der Waals surface area (Å²) in [5.41, 5.74) is 0.968. The van der Waals surface area contributed by atoms with Crippen LogP contribution >= 0.6 is 11.6 Å². The van der Waals surface area contributed by atoms with Crippen LogP contribution < -0.4 is 10.1 Å². The summed E-state index contributed by atoms with van der Waals surface area (Å²) < 4.78 is 18.7. The van der Waals surface area contributed by atoms with Crippen molar-refractivity contribution in [2.45, 2.75) is 32.9 Å². The van der Waals surface area contributed by atoms with E-state index in [1.165, 1.54) is 12.1 Å². The van der Waals surface area contributed by atoms with Crippen LogP contribution in [0.25, 0.3) is 0 Å². The molecule has 2 aromatic rings. The SMILES string of the molecule is CC(C)(C)NCc1cnc(Oc2ccc(Cl)c(F)c2)nc1. The molecule has 1 aromatic carbocycles. The lowest BCUT2D eigenvalue weighted by Crippen LogP contribution is -2.35. The molecule has 1 heterocycles. The zero-order valence-electron chi connectivity index (χ0n) is 12.2. The maximum atomic E-state index is 13.3. The summed E-state index contributed by atoms with van der Waals surface area (Å²) in [5, 5.41) is 3.38. The molecule has 1 N–H and O–H groups in total. The second-order valence-corrected chi connectivity index (χ2v) is 6.06. The van der Waals surface area contributed by atoms with Gasteiger partial charge in [-0.05, 0) is 32.9 Å². The third kappa shape index (κ3) is 4.95. The first-order chi connectivity index (χ1) is 9.83. The van der Waals surface area contributed by atoms with E-state index in [9.17, 15) is 4.39 Å². The minimum atomic E-state index is -0.542. The normalized spacial score (nSPS) is 11.5. The molecule has 0 saturated carbocycles. The minimum Gasteiger partial charge on any atom is -0.424 e. The van der Waals surface area contributed by atoms with Crippen LogP contribution in [0.4, 0.5) is 4.39 Å². The Morgan fingerprint density at radius 2 is 1.90 bits per heavy atom. The molecule has 0 atom stereocenters. The Balaban J connectivity index is 2.00. The van der Waals surface area contributed by atoms with Crippen molar-refractivity contribution in [2.75, 3.05) is 0 Å². The van der Waals surface area contributed by atoms with Gasteiger partial charge in [-0.1, -0.05) is 11.6 Å². The fourth-order valence-corrected chi connectivity index (χ4v) is 1.62. The minimum absolute atomic E-state index is 0.0238. The molecule has 6 heteroatoms. The second kappa shape index (κ2) is 6.37. The molecule has 0 aliphatic rings. The fourth-order valence-electron chi connectivity index (χ4n) is 1.50. The number of nitrogens with zero attached hydrogens (tertiary/aromatic N) is 2. The predicted molar refractivity (Wildman–Crippen MR) is 80.1 cm³/mol. The lowest BCUT2D eigenvalue weighted by atomic mass is 10.1. The highest BCUT2D eigenvalue weighted by molar-refractivity contribution is 6.30. The van der Waals surface area contributed by atoms with Crippen molar-refractivity contribution in [3.8, 4) is 11.8 Å². The first-order valence-electron chi connectivity index (χ1n) is 6.52. The Hall–Kier alpha value is -1.72. The van der Waals surface area contributed by atoms with Crippen LogP contribution in [0.3, 0.4) is 0 Å². The number of halogens is 2. The average molecular weight is 310 g/mol. The maximum absolute atomic E-state index is 13.3. The number of nitrogens with one attached hydrogen (secondary N) is 1. The van der Waals surface area contributed by atoms with Crippen LogP contribution in [0, 0.1) is 5.82 Å². The van der Waals surface area contributed by atoms with Crippen molar-refractivity contribution in [3.05, 3.63) is 47.0 Å². The topological polar surface area (TPSA) is 47.0 Å². The van der Waals surface area contributed by atoms with Crippen molar-refractivity contribution < 1.29 is 9.13 Å². The van der Waals surface area contributed by atoms with Gasteiger partial charge in [-0.15, -0.1) is 0 Å². The van der Waals surface area contributed by atoms with Gasteiger partial charge >= 0.3 is 6.01 Å². The van der Waals surface area contributed by atoms with Gasteiger partial charge in [0.25, 0.3) is 0 Å². The molecule has 21 heavy (non-hydrogen) atoms. The molecule has 0 bridgehead atoms. The van der Waals surface area contributed by atoms with Gasteiger partial charge in [-0.3, -0.25) is 0 Å². The van der Waals surface area contributed by atoms with Gasteiger partial charge in [-0.25, -0.2) is 14.4 Å². The first kappa shape index (κ1) is 15.7. The van der Waals surface area contributed by atoms with Crippen LogP contribution in [0.2, 0.25) is 5.02 Å². The van der Waals surface area contributed by atoms with Crippen molar-refractivity contribution in [1.29, 1.82) is 0 Å². The molecule has 0 amide bonds. The van der Waals surface area contributed by atoms with E-state index in [2.05, 4.69) is 36.1 Å². The van der Waals surface area contributed by atoms with E-state index in [-0.39, 0.29) is 16.6 Å². The smallest absolute Gasteiger partial charge is 0.321 e. The van der Waals surface area contributed by atoms with Crippen LogP contribution in [-0.4, -0.2) is 15.5 Å². The number of aromatic nitrogens is 2. The van der Waals surface area contributed by atoms with E-state index in [4.69, 9.17) is 16.3 Å². The summed E-state index contributed by atoms with van der Waals surface area (Å²) >= 11 is 5.61. The van der Waals surface area contributed by atoms with Gasteiger partial charge in [0, 0.05) is 36.1 Å². The molecular formula is C15H17ClFN3O. The Labute approximate surface area is 128 Å². The lowest BCUT2D eigenvalue weighted by Gasteiger charge is -2.20. The molecule has 0 radical (unpaired) electrons.